The van der Waals surface area contributed by atoms with Crippen molar-refractivity contribution in [3.8, 4) is 0 Å². The van der Waals surface area contributed by atoms with Crippen molar-refractivity contribution in [1.29, 1.82) is 0 Å². The van der Waals surface area contributed by atoms with Crippen LogP contribution in [0.15, 0.2) is 53.5 Å². The third-order valence-electron chi connectivity index (χ3n) is 3.75. The van der Waals surface area contributed by atoms with Crippen LogP contribution in [0.2, 0.25) is 0 Å². The maximum atomic E-state index is 5.89. The Morgan fingerprint density at radius 2 is 1.35 bits per heavy atom. The van der Waals surface area contributed by atoms with Gasteiger partial charge in [0.15, 0.2) is 5.96 Å². The molecular formula is C17H19N3. The van der Waals surface area contributed by atoms with Gasteiger partial charge in [-0.25, -0.2) is 4.99 Å². The quantitative estimate of drug-likeness (QED) is 0.877. The molecule has 0 aliphatic carbocycles. The molecule has 2 atom stereocenters. The van der Waals surface area contributed by atoms with Gasteiger partial charge in [-0.1, -0.05) is 59.7 Å². The lowest BCUT2D eigenvalue weighted by molar-refractivity contribution is 0.572. The number of nitrogens with zero attached hydrogens (tertiary/aromatic N) is 1. The van der Waals surface area contributed by atoms with Crippen molar-refractivity contribution in [2.24, 2.45) is 10.7 Å². The van der Waals surface area contributed by atoms with E-state index in [0.717, 1.165) is 0 Å². The average Bonchev–Trinajstić information content (AvgIpc) is 2.82. The van der Waals surface area contributed by atoms with Crippen molar-refractivity contribution >= 4 is 5.96 Å². The van der Waals surface area contributed by atoms with Gasteiger partial charge in [0.1, 0.15) is 6.04 Å². The van der Waals surface area contributed by atoms with Crippen molar-refractivity contribution in [2.75, 3.05) is 0 Å². The van der Waals surface area contributed by atoms with Gasteiger partial charge in [-0.3, -0.25) is 0 Å². The number of nitrogens with one attached hydrogen (secondary N) is 1. The topological polar surface area (TPSA) is 50.4 Å². The number of guanidine groups is 1. The van der Waals surface area contributed by atoms with E-state index in [0.29, 0.717) is 5.96 Å². The summed E-state index contributed by atoms with van der Waals surface area (Å²) in [6.07, 6.45) is 0. The van der Waals surface area contributed by atoms with Crippen LogP contribution in [-0.4, -0.2) is 5.96 Å². The van der Waals surface area contributed by atoms with E-state index in [4.69, 9.17) is 5.73 Å². The highest BCUT2D eigenvalue weighted by molar-refractivity contribution is 5.81. The van der Waals surface area contributed by atoms with Gasteiger partial charge in [0.2, 0.25) is 0 Å². The minimum Gasteiger partial charge on any atom is -0.370 e. The number of hydrogen-bond acceptors (Lipinski definition) is 3. The fourth-order valence-electron chi connectivity index (χ4n) is 2.57. The Morgan fingerprint density at radius 3 is 1.90 bits per heavy atom. The molecule has 3 heteroatoms. The first-order valence-electron chi connectivity index (χ1n) is 6.86. The van der Waals surface area contributed by atoms with Gasteiger partial charge >= 0.3 is 0 Å². The van der Waals surface area contributed by atoms with Gasteiger partial charge in [-0.05, 0) is 25.0 Å². The Morgan fingerprint density at radius 1 is 0.850 bits per heavy atom. The molecule has 3 nitrogen and oxygen atoms in total. The van der Waals surface area contributed by atoms with Crippen LogP contribution in [0.1, 0.15) is 34.3 Å². The molecule has 3 N–H and O–H groups in total. The van der Waals surface area contributed by atoms with E-state index < -0.39 is 0 Å². The summed E-state index contributed by atoms with van der Waals surface area (Å²) in [6.45, 7) is 4.18. The monoisotopic (exact) mass is 265 g/mol. The Balaban J connectivity index is 1.95. The third-order valence-corrected chi connectivity index (χ3v) is 3.75. The van der Waals surface area contributed by atoms with E-state index in [1.807, 2.05) is 0 Å². The minimum absolute atomic E-state index is 0.0401. The lowest BCUT2D eigenvalue weighted by Crippen LogP contribution is -2.30. The first-order chi connectivity index (χ1) is 9.63. The maximum absolute atomic E-state index is 5.89. The Hall–Kier alpha value is -2.29. The number of nitrogens with two attached hydrogens (primary N) is 1. The van der Waals surface area contributed by atoms with E-state index in [2.05, 4.69) is 72.7 Å². The van der Waals surface area contributed by atoms with Crippen molar-refractivity contribution in [3.63, 3.8) is 0 Å². The second kappa shape index (κ2) is 5.00. The predicted octanol–water partition coefficient (Wildman–Crippen LogP) is 3.00. The van der Waals surface area contributed by atoms with Gasteiger partial charge < -0.3 is 11.1 Å². The van der Waals surface area contributed by atoms with Gasteiger partial charge in [0.25, 0.3) is 0 Å². The zero-order valence-electron chi connectivity index (χ0n) is 11.8. The lowest BCUT2D eigenvalue weighted by atomic mass is 9.94. The Kier molecular flexibility index (Phi) is 3.18. The molecule has 0 aromatic heterocycles. The second-order valence-electron chi connectivity index (χ2n) is 5.40. The van der Waals surface area contributed by atoms with Crippen LogP contribution in [0.25, 0.3) is 0 Å². The lowest BCUT2D eigenvalue weighted by Gasteiger charge is -2.19. The molecule has 1 aliphatic heterocycles. The zero-order chi connectivity index (χ0) is 14.1. The van der Waals surface area contributed by atoms with Gasteiger partial charge in [-0.15, -0.1) is 0 Å². The van der Waals surface area contributed by atoms with Crippen LogP contribution in [-0.2, 0) is 0 Å². The Bertz CT molecular complexity index is 626. The summed E-state index contributed by atoms with van der Waals surface area (Å²) in [7, 11) is 0. The maximum Gasteiger partial charge on any atom is 0.189 e. The molecule has 102 valence electrons. The minimum atomic E-state index is 0.0401. The summed E-state index contributed by atoms with van der Waals surface area (Å²) in [5, 5.41) is 3.28. The van der Waals surface area contributed by atoms with Crippen LogP contribution in [0.5, 0.6) is 0 Å². The molecule has 0 amide bonds. The molecule has 0 fully saturated rings. The van der Waals surface area contributed by atoms with E-state index in [1.165, 1.54) is 22.3 Å². The molecule has 0 saturated heterocycles. The van der Waals surface area contributed by atoms with Crippen LogP contribution >= 0.6 is 0 Å². The van der Waals surface area contributed by atoms with Crippen LogP contribution in [0.4, 0.5) is 0 Å². The largest absolute Gasteiger partial charge is 0.370 e. The number of aliphatic imine (C=N–C) groups is 1. The SMILES string of the molecule is Cc1ccc([C@H]2N=C(N)N[C@@H]2c2ccc(C)cc2)cc1. The summed E-state index contributed by atoms with van der Waals surface area (Å²) in [4.78, 5) is 4.55. The van der Waals surface area contributed by atoms with Gasteiger partial charge in [0.05, 0.1) is 6.04 Å². The summed E-state index contributed by atoms with van der Waals surface area (Å²) in [6, 6.07) is 17.2. The van der Waals surface area contributed by atoms with Gasteiger partial charge in [-0.2, -0.15) is 0 Å². The molecule has 2 aromatic carbocycles. The highest BCUT2D eigenvalue weighted by Gasteiger charge is 2.30. The highest BCUT2D eigenvalue weighted by atomic mass is 15.2. The fourth-order valence-corrected chi connectivity index (χ4v) is 2.57. The normalized spacial score (nSPS) is 21.4. The van der Waals surface area contributed by atoms with Crippen molar-refractivity contribution < 1.29 is 0 Å². The van der Waals surface area contributed by atoms with Crippen LogP contribution in [0, 0.1) is 13.8 Å². The van der Waals surface area contributed by atoms with Crippen molar-refractivity contribution in [3.05, 3.63) is 70.8 Å². The van der Waals surface area contributed by atoms with Crippen molar-refractivity contribution in [1.82, 2.24) is 5.32 Å². The smallest absolute Gasteiger partial charge is 0.189 e. The summed E-state index contributed by atoms with van der Waals surface area (Å²) in [5.74, 6) is 0.515. The molecule has 0 radical (unpaired) electrons. The van der Waals surface area contributed by atoms with E-state index in [-0.39, 0.29) is 12.1 Å². The molecule has 20 heavy (non-hydrogen) atoms. The molecule has 3 rings (SSSR count). The Labute approximate surface area is 119 Å². The van der Waals surface area contributed by atoms with Crippen molar-refractivity contribution in [2.45, 2.75) is 25.9 Å². The summed E-state index contributed by atoms with van der Waals surface area (Å²) >= 11 is 0. The predicted molar refractivity (Wildman–Crippen MR) is 82.6 cm³/mol. The highest BCUT2D eigenvalue weighted by Crippen LogP contribution is 2.35. The van der Waals surface area contributed by atoms with Crippen LogP contribution < -0.4 is 11.1 Å². The first-order valence-corrected chi connectivity index (χ1v) is 6.86. The molecule has 1 aliphatic rings. The van der Waals surface area contributed by atoms with E-state index in [1.54, 1.807) is 0 Å². The third kappa shape index (κ3) is 2.39. The van der Waals surface area contributed by atoms with Gasteiger partial charge in [0, 0.05) is 0 Å². The molecule has 0 bridgehead atoms. The molecule has 0 spiro atoms. The number of rotatable bonds is 2. The second-order valence-corrected chi connectivity index (χ2v) is 5.40. The van der Waals surface area contributed by atoms with E-state index >= 15 is 0 Å². The molecule has 1 heterocycles. The number of aryl methyl sites for hydroxylation is 2. The molecule has 2 aromatic rings. The molecule has 0 unspecified atom stereocenters. The number of benzene rings is 2. The first kappa shape index (κ1) is 12.7. The summed E-state index contributed by atoms with van der Waals surface area (Å²) in [5.41, 5.74) is 10.8. The number of hydrogen-bond donors (Lipinski definition) is 2. The summed E-state index contributed by atoms with van der Waals surface area (Å²) < 4.78 is 0. The molecular weight excluding hydrogens is 246 g/mol. The van der Waals surface area contributed by atoms with Crippen LogP contribution in [0.3, 0.4) is 0 Å². The fraction of sp³-hybridized carbons (Fsp3) is 0.235. The van der Waals surface area contributed by atoms with E-state index in [9.17, 15) is 0 Å². The average molecular weight is 265 g/mol. The standard InChI is InChI=1S/C17H19N3/c1-11-3-7-13(8-4-11)15-16(20-17(18)19-15)14-9-5-12(2)6-10-14/h3-10,15-16H,1-2H3,(H3,18,19,20)/t15-,16-/m1/s1. The molecule has 0 saturated carbocycles. The zero-order valence-corrected chi connectivity index (χ0v) is 11.8.